The summed E-state index contributed by atoms with van der Waals surface area (Å²) < 4.78 is 0. The number of piperazine rings is 1. The first kappa shape index (κ1) is 16.7. The number of anilines is 3. The number of nitrogen functional groups attached to an aromatic ring is 1. The Morgan fingerprint density at radius 2 is 1.73 bits per heavy atom. The Labute approximate surface area is 156 Å². The van der Waals surface area contributed by atoms with E-state index in [0.29, 0.717) is 10.6 Å². The van der Waals surface area contributed by atoms with Gasteiger partial charge in [-0.25, -0.2) is 4.98 Å². The maximum absolute atomic E-state index is 11.6. The van der Waals surface area contributed by atoms with Crippen LogP contribution in [0, 0.1) is 6.92 Å². The molecule has 3 heterocycles. The standard InChI is InChI=1S/C19H21N5OS/c1-12-2-4-13(5-3-12)23-8-10-24(11-9-23)14-6-7-22-19-15(14)16(20)17(26-19)18(21)25/h2-7H,8-11,20H2,1H3,(H2,21,25). The third-order valence-corrected chi connectivity index (χ3v) is 5.98. The van der Waals surface area contributed by atoms with Crippen LogP contribution in [0.1, 0.15) is 15.2 Å². The van der Waals surface area contributed by atoms with Crippen molar-refractivity contribution in [1.82, 2.24) is 4.98 Å². The minimum Gasteiger partial charge on any atom is -0.397 e. The van der Waals surface area contributed by atoms with E-state index < -0.39 is 5.91 Å². The molecular formula is C19H21N5OS. The van der Waals surface area contributed by atoms with Gasteiger partial charge in [-0.15, -0.1) is 11.3 Å². The molecule has 4 N–H and O–H groups in total. The van der Waals surface area contributed by atoms with Gasteiger partial charge in [-0.1, -0.05) is 17.7 Å². The van der Waals surface area contributed by atoms with Crippen LogP contribution in [0.3, 0.4) is 0 Å². The summed E-state index contributed by atoms with van der Waals surface area (Å²) in [6.07, 6.45) is 1.77. The van der Waals surface area contributed by atoms with Crippen molar-refractivity contribution >= 4 is 44.5 Å². The predicted molar refractivity (Wildman–Crippen MR) is 108 cm³/mol. The first-order chi connectivity index (χ1) is 12.5. The lowest BCUT2D eigenvalue weighted by molar-refractivity contribution is 0.100. The molecule has 6 nitrogen and oxygen atoms in total. The molecule has 4 rings (SSSR count). The van der Waals surface area contributed by atoms with E-state index in [1.54, 1.807) is 6.20 Å². The number of carbonyl (C=O) groups is 1. The van der Waals surface area contributed by atoms with Crippen molar-refractivity contribution in [2.75, 3.05) is 41.7 Å². The van der Waals surface area contributed by atoms with Crippen molar-refractivity contribution < 1.29 is 4.79 Å². The lowest BCUT2D eigenvalue weighted by atomic mass is 10.1. The van der Waals surface area contributed by atoms with Crippen molar-refractivity contribution in [2.24, 2.45) is 5.73 Å². The molecule has 134 valence electrons. The van der Waals surface area contributed by atoms with E-state index in [-0.39, 0.29) is 0 Å². The highest BCUT2D eigenvalue weighted by Crippen LogP contribution is 2.38. The third-order valence-electron chi connectivity index (χ3n) is 4.85. The average Bonchev–Trinajstić information content (AvgIpc) is 3.00. The van der Waals surface area contributed by atoms with Crippen LogP contribution >= 0.6 is 11.3 Å². The van der Waals surface area contributed by atoms with Crippen LogP contribution < -0.4 is 21.3 Å². The van der Waals surface area contributed by atoms with E-state index in [0.717, 1.165) is 42.1 Å². The van der Waals surface area contributed by atoms with Crippen LogP contribution in [-0.2, 0) is 0 Å². The zero-order valence-corrected chi connectivity index (χ0v) is 15.4. The van der Waals surface area contributed by atoms with Crippen molar-refractivity contribution in [1.29, 1.82) is 0 Å². The van der Waals surface area contributed by atoms with Gasteiger partial charge >= 0.3 is 0 Å². The molecular weight excluding hydrogens is 346 g/mol. The van der Waals surface area contributed by atoms with Gasteiger partial charge in [-0.3, -0.25) is 4.79 Å². The van der Waals surface area contributed by atoms with Crippen LogP contribution in [0.4, 0.5) is 17.1 Å². The van der Waals surface area contributed by atoms with E-state index in [1.807, 2.05) is 6.07 Å². The Kier molecular flexibility index (Phi) is 4.16. The summed E-state index contributed by atoms with van der Waals surface area (Å²) in [6.45, 7) is 5.73. The molecule has 26 heavy (non-hydrogen) atoms. The number of primary amides is 1. The summed E-state index contributed by atoms with van der Waals surface area (Å²) in [5, 5.41) is 0.843. The van der Waals surface area contributed by atoms with Gasteiger partial charge in [-0.05, 0) is 25.1 Å². The SMILES string of the molecule is Cc1ccc(N2CCN(c3ccnc4sc(C(N)=O)c(N)c34)CC2)cc1. The molecule has 0 atom stereocenters. The molecule has 1 aliphatic rings. The minimum atomic E-state index is -0.499. The number of nitrogens with two attached hydrogens (primary N) is 2. The first-order valence-corrected chi connectivity index (χ1v) is 9.39. The zero-order valence-electron chi connectivity index (χ0n) is 14.6. The lowest BCUT2D eigenvalue weighted by Gasteiger charge is -2.37. The molecule has 3 aromatic rings. The van der Waals surface area contributed by atoms with Crippen molar-refractivity contribution in [3.8, 4) is 0 Å². The van der Waals surface area contributed by atoms with E-state index >= 15 is 0 Å². The Hall–Kier alpha value is -2.80. The molecule has 2 aromatic heterocycles. The maximum atomic E-state index is 11.6. The summed E-state index contributed by atoms with van der Waals surface area (Å²) in [4.78, 5) is 21.8. The molecule has 0 radical (unpaired) electrons. The summed E-state index contributed by atoms with van der Waals surface area (Å²) in [5.41, 5.74) is 15.6. The number of hydrogen-bond donors (Lipinski definition) is 2. The molecule has 0 bridgehead atoms. The number of hydrogen-bond acceptors (Lipinski definition) is 6. The Bertz CT molecular complexity index is 958. The number of aromatic nitrogens is 1. The van der Waals surface area contributed by atoms with Crippen LogP contribution in [0.25, 0.3) is 10.2 Å². The van der Waals surface area contributed by atoms with Gasteiger partial charge in [0.2, 0.25) is 0 Å². The second kappa shape index (κ2) is 6.49. The topological polar surface area (TPSA) is 88.5 Å². The number of thiophene rings is 1. The van der Waals surface area contributed by atoms with E-state index in [2.05, 4.69) is 46.0 Å². The van der Waals surface area contributed by atoms with Gasteiger partial charge in [0.15, 0.2) is 0 Å². The van der Waals surface area contributed by atoms with Crippen LogP contribution in [0.15, 0.2) is 36.5 Å². The molecule has 1 fully saturated rings. The molecule has 7 heteroatoms. The van der Waals surface area contributed by atoms with E-state index in [1.165, 1.54) is 22.6 Å². The maximum Gasteiger partial charge on any atom is 0.260 e. The van der Waals surface area contributed by atoms with Crippen molar-refractivity contribution in [3.05, 3.63) is 47.0 Å². The molecule has 1 aliphatic heterocycles. The highest BCUT2D eigenvalue weighted by molar-refractivity contribution is 7.21. The fourth-order valence-electron chi connectivity index (χ4n) is 3.44. The molecule has 0 unspecified atom stereocenters. The van der Waals surface area contributed by atoms with Gasteiger partial charge < -0.3 is 21.3 Å². The lowest BCUT2D eigenvalue weighted by Crippen LogP contribution is -2.46. The fraction of sp³-hybridized carbons (Fsp3) is 0.263. The van der Waals surface area contributed by atoms with Gasteiger partial charge in [0.05, 0.1) is 16.8 Å². The summed E-state index contributed by atoms with van der Waals surface area (Å²) >= 11 is 1.26. The van der Waals surface area contributed by atoms with Gasteiger partial charge in [-0.2, -0.15) is 0 Å². The molecule has 0 saturated carbocycles. The summed E-state index contributed by atoms with van der Waals surface area (Å²) in [7, 11) is 0. The number of pyridine rings is 1. The number of nitrogens with zero attached hydrogens (tertiary/aromatic N) is 3. The minimum absolute atomic E-state index is 0.387. The van der Waals surface area contributed by atoms with Crippen LogP contribution in [-0.4, -0.2) is 37.1 Å². The number of carbonyl (C=O) groups excluding carboxylic acids is 1. The molecule has 0 spiro atoms. The monoisotopic (exact) mass is 367 g/mol. The molecule has 1 amide bonds. The second-order valence-corrected chi connectivity index (χ2v) is 7.53. The van der Waals surface area contributed by atoms with Gasteiger partial charge in [0.1, 0.15) is 9.71 Å². The largest absolute Gasteiger partial charge is 0.397 e. The highest BCUT2D eigenvalue weighted by atomic mass is 32.1. The number of fused-ring (bicyclic) bond motifs is 1. The highest BCUT2D eigenvalue weighted by Gasteiger charge is 2.23. The number of rotatable bonds is 3. The number of benzene rings is 1. The fourth-order valence-corrected chi connectivity index (χ4v) is 4.37. The van der Waals surface area contributed by atoms with Gasteiger partial charge in [0, 0.05) is 38.1 Å². The normalized spacial score (nSPS) is 14.8. The average molecular weight is 367 g/mol. The smallest absolute Gasteiger partial charge is 0.260 e. The van der Waals surface area contributed by atoms with Crippen molar-refractivity contribution in [3.63, 3.8) is 0 Å². The van der Waals surface area contributed by atoms with Crippen LogP contribution in [0.2, 0.25) is 0 Å². The third kappa shape index (κ3) is 2.84. The quantitative estimate of drug-likeness (QED) is 0.743. The Morgan fingerprint density at radius 1 is 1.08 bits per heavy atom. The van der Waals surface area contributed by atoms with Crippen LogP contribution in [0.5, 0.6) is 0 Å². The molecule has 0 aliphatic carbocycles. The van der Waals surface area contributed by atoms with Crippen molar-refractivity contribution in [2.45, 2.75) is 6.92 Å². The Balaban J connectivity index is 1.60. The van der Waals surface area contributed by atoms with E-state index in [4.69, 9.17) is 11.5 Å². The summed E-state index contributed by atoms with van der Waals surface area (Å²) in [6, 6.07) is 10.6. The first-order valence-electron chi connectivity index (χ1n) is 8.58. The molecule has 1 saturated heterocycles. The Morgan fingerprint density at radius 3 is 2.38 bits per heavy atom. The van der Waals surface area contributed by atoms with E-state index in [9.17, 15) is 4.79 Å². The molecule has 1 aromatic carbocycles. The summed E-state index contributed by atoms with van der Waals surface area (Å²) in [5.74, 6) is -0.499. The number of amides is 1. The number of aryl methyl sites for hydroxylation is 1. The van der Waals surface area contributed by atoms with Gasteiger partial charge in [0.25, 0.3) is 5.91 Å². The zero-order chi connectivity index (χ0) is 18.3. The predicted octanol–water partition coefficient (Wildman–Crippen LogP) is 2.61. The second-order valence-electron chi connectivity index (χ2n) is 6.53.